The molecule has 242 valence electrons. The van der Waals surface area contributed by atoms with Crippen LogP contribution in [0.5, 0.6) is 5.75 Å². The Balaban J connectivity index is 1.33. The number of amides is 5. The van der Waals surface area contributed by atoms with E-state index in [1.54, 1.807) is 63.2 Å². The van der Waals surface area contributed by atoms with E-state index in [0.29, 0.717) is 30.2 Å². The molecule has 5 rings (SSSR count). The normalized spacial score (nSPS) is 19.7. The highest BCUT2D eigenvalue weighted by Gasteiger charge is 2.54. The number of primary amides is 1. The summed E-state index contributed by atoms with van der Waals surface area (Å²) in [6.07, 6.45) is 2.83. The van der Waals surface area contributed by atoms with Gasteiger partial charge in [0.2, 0.25) is 11.8 Å². The summed E-state index contributed by atoms with van der Waals surface area (Å²) in [4.78, 5) is 61.5. The van der Waals surface area contributed by atoms with E-state index in [-0.39, 0.29) is 18.9 Å². The standard InChI is InChI=1S/C35H41N5O6/c1-35(2,3)46-34(44)39(21-23-12-14-27(45-4)15-13-23)29-20-24(16-17-37-29)19-28-30(31(36)41)40(32(28)42)33(43)38-18-8-11-26(22-38)25-9-6-5-7-10-25/h5-7,9-10,12-17,20,26,28,30H,8,11,18-19,21-22H2,1-4H3,(H2,36,41)/t26-,28+,30-/m0/s1. The summed E-state index contributed by atoms with van der Waals surface area (Å²) < 4.78 is 10.9. The number of methoxy groups -OCH3 is 1. The number of urea groups is 1. The molecule has 0 saturated carbocycles. The fourth-order valence-corrected chi connectivity index (χ4v) is 6.05. The Morgan fingerprint density at radius 3 is 2.39 bits per heavy atom. The third kappa shape index (κ3) is 7.30. The zero-order chi connectivity index (χ0) is 33.0. The third-order valence-electron chi connectivity index (χ3n) is 8.33. The predicted molar refractivity (Wildman–Crippen MR) is 172 cm³/mol. The summed E-state index contributed by atoms with van der Waals surface area (Å²) in [5.41, 5.74) is 7.65. The maximum absolute atomic E-state index is 13.6. The lowest BCUT2D eigenvalue weighted by molar-refractivity contribution is -0.157. The minimum Gasteiger partial charge on any atom is -0.497 e. The average molecular weight is 628 g/mol. The molecule has 2 saturated heterocycles. The maximum Gasteiger partial charge on any atom is 0.416 e. The number of rotatable bonds is 8. The van der Waals surface area contributed by atoms with Crippen LogP contribution in [0.15, 0.2) is 72.9 Å². The molecule has 11 nitrogen and oxygen atoms in total. The zero-order valence-corrected chi connectivity index (χ0v) is 26.7. The van der Waals surface area contributed by atoms with Crippen LogP contribution in [0, 0.1) is 5.92 Å². The first-order chi connectivity index (χ1) is 21.9. The van der Waals surface area contributed by atoms with Crippen molar-refractivity contribution in [2.75, 3.05) is 25.1 Å². The van der Waals surface area contributed by atoms with Crippen LogP contribution in [0.3, 0.4) is 0 Å². The zero-order valence-electron chi connectivity index (χ0n) is 26.7. The number of β-lactam (4-membered cyclic amide) rings is 1. The van der Waals surface area contributed by atoms with E-state index in [9.17, 15) is 19.2 Å². The number of carbonyl (C=O) groups is 4. The van der Waals surface area contributed by atoms with Crippen LogP contribution in [0.4, 0.5) is 15.4 Å². The van der Waals surface area contributed by atoms with Crippen molar-refractivity contribution in [3.8, 4) is 5.75 Å². The molecule has 5 amide bonds. The molecule has 3 heterocycles. The van der Waals surface area contributed by atoms with E-state index in [1.807, 2.05) is 42.5 Å². The van der Waals surface area contributed by atoms with Gasteiger partial charge in [-0.05, 0) is 81.0 Å². The average Bonchev–Trinajstić information content (AvgIpc) is 3.04. The summed E-state index contributed by atoms with van der Waals surface area (Å²) in [6.45, 7) is 6.49. The van der Waals surface area contributed by atoms with Crippen LogP contribution in [0.1, 0.15) is 56.2 Å². The molecule has 11 heteroatoms. The van der Waals surface area contributed by atoms with Crippen LogP contribution < -0.4 is 15.4 Å². The lowest BCUT2D eigenvalue weighted by Gasteiger charge is -2.46. The van der Waals surface area contributed by atoms with E-state index in [0.717, 1.165) is 28.9 Å². The van der Waals surface area contributed by atoms with Gasteiger partial charge in [-0.2, -0.15) is 0 Å². The molecule has 2 N–H and O–H groups in total. The van der Waals surface area contributed by atoms with Crippen molar-refractivity contribution in [1.82, 2.24) is 14.8 Å². The molecule has 0 aliphatic carbocycles. The number of ether oxygens (including phenoxy) is 2. The highest BCUT2D eigenvalue weighted by Crippen LogP contribution is 2.34. The van der Waals surface area contributed by atoms with Crippen LogP contribution in [-0.2, 0) is 27.3 Å². The van der Waals surface area contributed by atoms with Crippen molar-refractivity contribution in [2.45, 2.75) is 64.1 Å². The first kappa shape index (κ1) is 32.5. The topological polar surface area (TPSA) is 135 Å². The van der Waals surface area contributed by atoms with Crippen molar-refractivity contribution >= 4 is 29.8 Å². The minimum atomic E-state index is -1.07. The van der Waals surface area contributed by atoms with E-state index in [2.05, 4.69) is 4.98 Å². The number of likely N-dealkylation sites (tertiary alicyclic amines) is 2. The second-order valence-electron chi connectivity index (χ2n) is 12.8. The van der Waals surface area contributed by atoms with Gasteiger partial charge in [0, 0.05) is 25.2 Å². The number of imide groups is 1. The molecule has 0 spiro atoms. The number of nitrogens with zero attached hydrogens (tertiary/aromatic N) is 4. The molecule has 2 aliphatic rings. The molecule has 3 aromatic rings. The Bertz CT molecular complexity index is 1570. The van der Waals surface area contributed by atoms with Gasteiger partial charge in [-0.15, -0.1) is 0 Å². The van der Waals surface area contributed by atoms with Gasteiger partial charge in [0.1, 0.15) is 23.2 Å². The number of benzene rings is 2. The van der Waals surface area contributed by atoms with Gasteiger partial charge >= 0.3 is 12.1 Å². The quantitative estimate of drug-likeness (QED) is 0.352. The number of pyridine rings is 1. The van der Waals surface area contributed by atoms with Crippen molar-refractivity contribution in [3.05, 3.63) is 89.6 Å². The van der Waals surface area contributed by atoms with Gasteiger partial charge < -0.3 is 20.1 Å². The molecular weight excluding hydrogens is 586 g/mol. The van der Waals surface area contributed by atoms with Gasteiger partial charge in [-0.1, -0.05) is 42.5 Å². The molecule has 1 aromatic heterocycles. The molecule has 2 aliphatic heterocycles. The number of carbonyl (C=O) groups excluding carboxylic acids is 4. The third-order valence-corrected chi connectivity index (χ3v) is 8.33. The summed E-state index contributed by atoms with van der Waals surface area (Å²) >= 11 is 0. The molecule has 0 unspecified atom stereocenters. The summed E-state index contributed by atoms with van der Waals surface area (Å²) in [7, 11) is 1.58. The second-order valence-corrected chi connectivity index (χ2v) is 12.8. The van der Waals surface area contributed by atoms with Gasteiger partial charge in [-0.3, -0.25) is 19.4 Å². The van der Waals surface area contributed by atoms with Crippen molar-refractivity contribution in [2.24, 2.45) is 11.7 Å². The summed E-state index contributed by atoms with van der Waals surface area (Å²) in [5.74, 6) is -0.846. The lowest BCUT2D eigenvalue weighted by Crippen LogP contribution is -2.70. The first-order valence-electron chi connectivity index (χ1n) is 15.5. The molecule has 0 radical (unpaired) electrons. The molecule has 2 aromatic carbocycles. The van der Waals surface area contributed by atoms with Gasteiger partial charge in [0.25, 0.3) is 0 Å². The number of piperidine rings is 1. The van der Waals surface area contributed by atoms with E-state index < -0.39 is 41.5 Å². The lowest BCUT2D eigenvalue weighted by atomic mass is 9.82. The van der Waals surface area contributed by atoms with Crippen LogP contribution in [-0.4, -0.2) is 70.6 Å². The SMILES string of the molecule is COc1ccc(CN(C(=O)OC(C)(C)C)c2cc(C[C@H]3C(=O)N(C(=O)N4CCC[C@H](c5ccccc5)C4)[C@@H]3C(N)=O)ccn2)cc1. The second kappa shape index (κ2) is 13.6. The Hall–Kier alpha value is -4.93. The Morgan fingerprint density at radius 2 is 1.74 bits per heavy atom. The molecule has 46 heavy (non-hydrogen) atoms. The summed E-state index contributed by atoms with van der Waals surface area (Å²) in [5, 5.41) is 0. The van der Waals surface area contributed by atoms with Crippen molar-refractivity contribution in [1.29, 1.82) is 0 Å². The monoisotopic (exact) mass is 627 g/mol. The Labute approximate surface area is 269 Å². The molecule has 2 fully saturated rings. The van der Waals surface area contributed by atoms with Crippen molar-refractivity contribution < 1.29 is 28.7 Å². The van der Waals surface area contributed by atoms with Gasteiger partial charge in [0.15, 0.2) is 0 Å². The van der Waals surface area contributed by atoms with E-state index >= 15 is 0 Å². The number of hydrogen-bond donors (Lipinski definition) is 1. The minimum absolute atomic E-state index is 0.142. The molecular formula is C35H41N5O6. The fraction of sp³-hybridized carbons (Fsp3) is 0.400. The first-order valence-corrected chi connectivity index (χ1v) is 15.5. The van der Waals surface area contributed by atoms with Crippen LogP contribution >= 0.6 is 0 Å². The highest BCUT2D eigenvalue weighted by molar-refractivity contribution is 6.08. The predicted octanol–water partition coefficient (Wildman–Crippen LogP) is 4.89. The molecule has 3 atom stereocenters. The number of aromatic nitrogens is 1. The number of hydrogen-bond acceptors (Lipinski definition) is 7. The maximum atomic E-state index is 13.6. The Morgan fingerprint density at radius 1 is 1.02 bits per heavy atom. The van der Waals surface area contributed by atoms with Crippen LogP contribution in [0.2, 0.25) is 0 Å². The number of nitrogens with two attached hydrogens (primary N) is 1. The fourth-order valence-electron chi connectivity index (χ4n) is 6.05. The number of anilines is 1. The van der Waals surface area contributed by atoms with Gasteiger partial charge in [-0.25, -0.2) is 14.6 Å². The summed E-state index contributed by atoms with van der Waals surface area (Å²) in [6, 6.07) is 19.1. The molecule has 0 bridgehead atoms. The van der Waals surface area contributed by atoms with Crippen molar-refractivity contribution in [3.63, 3.8) is 0 Å². The van der Waals surface area contributed by atoms with Gasteiger partial charge in [0.05, 0.1) is 19.6 Å². The highest BCUT2D eigenvalue weighted by atomic mass is 16.6. The van der Waals surface area contributed by atoms with E-state index in [1.165, 1.54) is 4.90 Å². The Kier molecular flexibility index (Phi) is 9.60. The van der Waals surface area contributed by atoms with Crippen LogP contribution in [0.25, 0.3) is 0 Å². The van der Waals surface area contributed by atoms with E-state index in [4.69, 9.17) is 15.2 Å². The smallest absolute Gasteiger partial charge is 0.416 e. The largest absolute Gasteiger partial charge is 0.497 e.